The van der Waals surface area contributed by atoms with E-state index in [1.54, 1.807) is 0 Å². The lowest BCUT2D eigenvalue weighted by atomic mass is 10.2. The predicted octanol–water partition coefficient (Wildman–Crippen LogP) is 0.534. The molecule has 1 fully saturated rings. The number of carbonyl (C=O) groups excluding carboxylic acids is 2. The number of amides is 3. The molecular formula is C12H12FN3O4. The fourth-order valence-corrected chi connectivity index (χ4v) is 1.80. The van der Waals surface area contributed by atoms with Crippen LogP contribution in [0.3, 0.4) is 0 Å². The first-order valence-electron chi connectivity index (χ1n) is 5.83. The Morgan fingerprint density at radius 2 is 2.15 bits per heavy atom. The number of benzene rings is 1. The molecule has 2 rings (SSSR count). The fourth-order valence-electron chi connectivity index (χ4n) is 1.80. The van der Waals surface area contributed by atoms with Crippen molar-refractivity contribution < 1.29 is 23.9 Å². The Kier molecular flexibility index (Phi) is 3.83. The number of carboxylic acids is 1. The quantitative estimate of drug-likeness (QED) is 0.648. The summed E-state index contributed by atoms with van der Waals surface area (Å²) in [7, 11) is 0. The van der Waals surface area contributed by atoms with E-state index in [0.29, 0.717) is 6.54 Å². The monoisotopic (exact) mass is 281 g/mol. The van der Waals surface area contributed by atoms with Crippen LogP contribution in [-0.2, 0) is 4.79 Å². The molecule has 1 aliphatic heterocycles. The average Bonchev–Trinajstić information content (AvgIpc) is 2.77. The van der Waals surface area contributed by atoms with Crippen molar-refractivity contribution in [3.63, 3.8) is 0 Å². The van der Waals surface area contributed by atoms with Gasteiger partial charge < -0.3 is 21.1 Å². The molecule has 3 amide bonds. The SMILES string of the molecule is O=C1CC(NC(=O)Nc2ccc(C(=O)O)cc2F)CN1. The Morgan fingerprint density at radius 3 is 2.70 bits per heavy atom. The molecule has 0 saturated carbocycles. The van der Waals surface area contributed by atoms with Gasteiger partial charge in [-0.3, -0.25) is 4.79 Å². The van der Waals surface area contributed by atoms with Crippen LogP contribution < -0.4 is 16.0 Å². The van der Waals surface area contributed by atoms with Crippen LogP contribution in [0.1, 0.15) is 16.8 Å². The Hall–Kier alpha value is -2.64. The number of hydrogen-bond acceptors (Lipinski definition) is 3. The van der Waals surface area contributed by atoms with Gasteiger partial charge in [-0.1, -0.05) is 0 Å². The summed E-state index contributed by atoms with van der Waals surface area (Å²) >= 11 is 0. The maximum Gasteiger partial charge on any atom is 0.335 e. The third kappa shape index (κ3) is 3.22. The molecule has 1 aromatic rings. The molecule has 8 heteroatoms. The van der Waals surface area contributed by atoms with Crippen LogP contribution in [0.25, 0.3) is 0 Å². The zero-order valence-corrected chi connectivity index (χ0v) is 10.3. The molecule has 1 unspecified atom stereocenters. The summed E-state index contributed by atoms with van der Waals surface area (Å²) in [5.74, 6) is -2.26. The van der Waals surface area contributed by atoms with Gasteiger partial charge in [-0.2, -0.15) is 0 Å². The molecule has 1 aromatic carbocycles. The van der Waals surface area contributed by atoms with Crippen LogP contribution in [0.2, 0.25) is 0 Å². The van der Waals surface area contributed by atoms with Gasteiger partial charge in [0.2, 0.25) is 5.91 Å². The molecule has 1 aliphatic rings. The van der Waals surface area contributed by atoms with Crippen LogP contribution in [0.5, 0.6) is 0 Å². The first kappa shape index (κ1) is 13.8. The lowest BCUT2D eigenvalue weighted by Crippen LogP contribution is -2.39. The third-order valence-electron chi connectivity index (χ3n) is 2.78. The normalized spacial score (nSPS) is 17.4. The highest BCUT2D eigenvalue weighted by molar-refractivity contribution is 5.92. The number of aromatic carboxylic acids is 1. The summed E-state index contributed by atoms with van der Waals surface area (Å²) in [4.78, 5) is 33.2. The summed E-state index contributed by atoms with van der Waals surface area (Å²) in [6, 6.07) is 2.16. The van der Waals surface area contributed by atoms with Crippen molar-refractivity contribution in [2.24, 2.45) is 0 Å². The molecule has 0 bridgehead atoms. The lowest BCUT2D eigenvalue weighted by molar-refractivity contribution is -0.119. The molecular weight excluding hydrogens is 269 g/mol. The van der Waals surface area contributed by atoms with Gasteiger partial charge in [0.1, 0.15) is 5.82 Å². The van der Waals surface area contributed by atoms with Crippen LogP contribution in [-0.4, -0.2) is 35.6 Å². The molecule has 1 saturated heterocycles. The molecule has 20 heavy (non-hydrogen) atoms. The molecule has 1 atom stereocenters. The lowest BCUT2D eigenvalue weighted by Gasteiger charge is -2.12. The number of halogens is 1. The zero-order valence-electron chi connectivity index (χ0n) is 10.3. The van der Waals surface area contributed by atoms with Gasteiger partial charge in [-0.15, -0.1) is 0 Å². The molecule has 0 aromatic heterocycles. The van der Waals surface area contributed by atoms with Gasteiger partial charge in [0.25, 0.3) is 0 Å². The van der Waals surface area contributed by atoms with E-state index in [2.05, 4.69) is 16.0 Å². The van der Waals surface area contributed by atoms with Gasteiger partial charge >= 0.3 is 12.0 Å². The number of rotatable bonds is 3. The van der Waals surface area contributed by atoms with Crippen LogP contribution in [0.4, 0.5) is 14.9 Å². The maximum absolute atomic E-state index is 13.6. The summed E-state index contributed by atoms with van der Waals surface area (Å²) in [5.41, 5.74) is -0.344. The predicted molar refractivity (Wildman–Crippen MR) is 66.9 cm³/mol. The minimum atomic E-state index is -1.25. The first-order chi connectivity index (χ1) is 9.45. The van der Waals surface area contributed by atoms with Crippen molar-refractivity contribution in [3.8, 4) is 0 Å². The minimum absolute atomic E-state index is 0.134. The second-order valence-corrected chi connectivity index (χ2v) is 4.30. The third-order valence-corrected chi connectivity index (χ3v) is 2.78. The summed E-state index contributed by atoms with van der Waals surface area (Å²) in [5, 5.41) is 16.0. The number of carbonyl (C=O) groups is 3. The van der Waals surface area contributed by atoms with Crippen molar-refractivity contribution in [3.05, 3.63) is 29.6 Å². The first-order valence-corrected chi connectivity index (χ1v) is 5.83. The van der Waals surface area contributed by atoms with Gasteiger partial charge in [0, 0.05) is 13.0 Å². The second kappa shape index (κ2) is 5.55. The molecule has 106 valence electrons. The van der Waals surface area contributed by atoms with Gasteiger partial charge in [0.05, 0.1) is 17.3 Å². The summed E-state index contributed by atoms with van der Waals surface area (Å²) in [6.07, 6.45) is 0.174. The summed E-state index contributed by atoms with van der Waals surface area (Å²) in [6.45, 7) is 0.326. The fraction of sp³-hybridized carbons (Fsp3) is 0.250. The van der Waals surface area contributed by atoms with E-state index in [9.17, 15) is 18.8 Å². The molecule has 7 nitrogen and oxygen atoms in total. The van der Waals surface area contributed by atoms with Gasteiger partial charge in [-0.25, -0.2) is 14.0 Å². The topological polar surface area (TPSA) is 108 Å². The highest BCUT2D eigenvalue weighted by Crippen LogP contribution is 2.15. The number of carboxylic acid groups (broad SMARTS) is 1. The second-order valence-electron chi connectivity index (χ2n) is 4.30. The maximum atomic E-state index is 13.6. The number of nitrogens with one attached hydrogen (secondary N) is 3. The van der Waals surface area contributed by atoms with Crippen molar-refractivity contribution >= 4 is 23.6 Å². The van der Waals surface area contributed by atoms with E-state index >= 15 is 0 Å². The molecule has 0 spiro atoms. The van der Waals surface area contributed by atoms with E-state index in [-0.39, 0.29) is 29.6 Å². The van der Waals surface area contributed by atoms with Gasteiger partial charge in [0.15, 0.2) is 0 Å². The minimum Gasteiger partial charge on any atom is -0.478 e. The van der Waals surface area contributed by atoms with E-state index < -0.39 is 17.8 Å². The van der Waals surface area contributed by atoms with E-state index in [4.69, 9.17) is 5.11 Å². The Bertz CT molecular complexity index is 576. The van der Waals surface area contributed by atoms with Crippen LogP contribution in [0, 0.1) is 5.82 Å². The molecule has 0 aliphatic carbocycles. The molecule has 4 N–H and O–H groups in total. The largest absolute Gasteiger partial charge is 0.478 e. The van der Waals surface area contributed by atoms with Crippen LogP contribution in [0.15, 0.2) is 18.2 Å². The average molecular weight is 281 g/mol. The van der Waals surface area contributed by atoms with Crippen molar-refractivity contribution in [2.75, 3.05) is 11.9 Å². The zero-order chi connectivity index (χ0) is 14.7. The molecule has 1 heterocycles. The molecule has 0 radical (unpaired) electrons. The Morgan fingerprint density at radius 1 is 1.40 bits per heavy atom. The number of hydrogen-bond donors (Lipinski definition) is 4. The van der Waals surface area contributed by atoms with E-state index in [1.165, 1.54) is 6.07 Å². The van der Waals surface area contributed by atoms with E-state index in [0.717, 1.165) is 12.1 Å². The number of urea groups is 1. The summed E-state index contributed by atoms with van der Waals surface area (Å²) < 4.78 is 13.6. The highest BCUT2D eigenvalue weighted by Gasteiger charge is 2.23. The smallest absolute Gasteiger partial charge is 0.335 e. The number of anilines is 1. The van der Waals surface area contributed by atoms with Crippen molar-refractivity contribution in [2.45, 2.75) is 12.5 Å². The van der Waals surface area contributed by atoms with Gasteiger partial charge in [-0.05, 0) is 18.2 Å². The Labute approximate surface area is 113 Å². The van der Waals surface area contributed by atoms with Crippen molar-refractivity contribution in [1.82, 2.24) is 10.6 Å². The van der Waals surface area contributed by atoms with Crippen molar-refractivity contribution in [1.29, 1.82) is 0 Å². The highest BCUT2D eigenvalue weighted by atomic mass is 19.1. The van der Waals surface area contributed by atoms with E-state index in [1.807, 2.05) is 0 Å². The Balaban J connectivity index is 1.97. The standard InChI is InChI=1S/C12H12FN3O4/c13-8-3-6(11(18)19)1-2-9(8)16-12(20)15-7-4-10(17)14-5-7/h1-3,7H,4-5H2,(H,14,17)(H,18,19)(H2,15,16,20). The van der Waals surface area contributed by atoms with Crippen LogP contribution >= 0.6 is 0 Å².